The Morgan fingerprint density at radius 1 is 1.21 bits per heavy atom. The van der Waals surface area contributed by atoms with Gasteiger partial charge in [-0.05, 0) is 47.4 Å². The average Bonchev–Trinajstić information content (AvgIpc) is 3.12. The number of benzene rings is 1. The van der Waals surface area contributed by atoms with Crippen LogP contribution in [0.3, 0.4) is 0 Å². The topological polar surface area (TPSA) is 65.5 Å². The first-order valence-corrected chi connectivity index (χ1v) is 9.02. The third-order valence-electron chi connectivity index (χ3n) is 3.47. The summed E-state index contributed by atoms with van der Waals surface area (Å²) in [6.45, 7) is 5.77. The van der Waals surface area contributed by atoms with Crippen LogP contribution in [0, 0.1) is 0 Å². The number of anilines is 1. The molecule has 1 aromatic heterocycles. The average molecular weight is 344 g/mol. The van der Waals surface area contributed by atoms with Crippen LogP contribution in [0.2, 0.25) is 0 Å². The van der Waals surface area contributed by atoms with Crippen LogP contribution in [0.1, 0.15) is 25.3 Å². The van der Waals surface area contributed by atoms with E-state index in [1.54, 1.807) is 11.3 Å². The summed E-state index contributed by atoms with van der Waals surface area (Å²) in [7, 11) is 0. The van der Waals surface area contributed by atoms with Crippen LogP contribution in [0.25, 0.3) is 0 Å². The van der Waals surface area contributed by atoms with Crippen LogP contribution in [0.15, 0.2) is 52.2 Å². The van der Waals surface area contributed by atoms with E-state index in [2.05, 4.69) is 44.7 Å². The number of rotatable bonds is 7. The molecule has 0 spiro atoms. The molecular weight excluding hydrogens is 320 g/mol. The van der Waals surface area contributed by atoms with Crippen molar-refractivity contribution in [3.63, 3.8) is 0 Å². The van der Waals surface area contributed by atoms with Crippen molar-refractivity contribution >= 4 is 28.9 Å². The normalized spacial score (nSPS) is 12.5. The molecule has 0 saturated carbocycles. The van der Waals surface area contributed by atoms with E-state index in [4.69, 9.17) is 0 Å². The summed E-state index contributed by atoms with van der Waals surface area (Å²) in [5, 5.41) is 13.5. The van der Waals surface area contributed by atoms with Gasteiger partial charge in [-0.1, -0.05) is 25.1 Å². The van der Waals surface area contributed by atoms with Crippen LogP contribution in [-0.2, 0) is 4.79 Å². The van der Waals surface area contributed by atoms with Gasteiger partial charge in [-0.15, -0.1) is 0 Å². The molecule has 2 rings (SSSR count). The first-order chi connectivity index (χ1) is 11.7. The van der Waals surface area contributed by atoms with E-state index < -0.39 is 0 Å². The summed E-state index contributed by atoms with van der Waals surface area (Å²) in [6, 6.07) is 11.5. The molecule has 2 aromatic rings. The van der Waals surface area contributed by atoms with Gasteiger partial charge in [0.25, 0.3) is 0 Å². The zero-order valence-electron chi connectivity index (χ0n) is 14.1. The number of thiophene rings is 1. The summed E-state index contributed by atoms with van der Waals surface area (Å²) in [6.07, 6.45) is 0. The largest absolute Gasteiger partial charge is 0.357 e. The van der Waals surface area contributed by atoms with Gasteiger partial charge in [-0.25, -0.2) is 4.99 Å². The van der Waals surface area contributed by atoms with Gasteiger partial charge < -0.3 is 16.0 Å². The van der Waals surface area contributed by atoms with E-state index in [-0.39, 0.29) is 12.5 Å². The number of para-hydroxylation sites is 1. The van der Waals surface area contributed by atoms with Crippen LogP contribution >= 0.6 is 11.3 Å². The number of nitrogens with one attached hydrogen (secondary N) is 3. The van der Waals surface area contributed by atoms with E-state index in [0.29, 0.717) is 11.9 Å². The molecule has 0 saturated heterocycles. The number of nitrogens with zero attached hydrogens (tertiary/aromatic N) is 1. The maximum Gasteiger partial charge on any atom is 0.246 e. The Kier molecular flexibility index (Phi) is 7.29. The minimum atomic E-state index is -0.135. The van der Waals surface area contributed by atoms with E-state index >= 15 is 0 Å². The van der Waals surface area contributed by atoms with Gasteiger partial charge in [0.15, 0.2) is 5.96 Å². The molecule has 128 valence electrons. The molecule has 1 unspecified atom stereocenters. The highest BCUT2D eigenvalue weighted by Crippen LogP contribution is 2.16. The van der Waals surface area contributed by atoms with Crippen molar-refractivity contribution < 1.29 is 4.79 Å². The van der Waals surface area contributed by atoms with Gasteiger partial charge in [0.05, 0.1) is 0 Å². The molecule has 1 aromatic carbocycles. The Hall–Kier alpha value is -2.34. The lowest BCUT2D eigenvalue weighted by molar-refractivity contribution is -0.114. The molecule has 1 heterocycles. The van der Waals surface area contributed by atoms with Crippen molar-refractivity contribution in [2.45, 2.75) is 19.8 Å². The Labute approximate surface area is 147 Å². The number of carbonyl (C=O) groups excluding carboxylic acids is 1. The van der Waals surface area contributed by atoms with Crippen LogP contribution in [0.5, 0.6) is 0 Å². The molecule has 0 fully saturated rings. The van der Waals surface area contributed by atoms with Gasteiger partial charge >= 0.3 is 0 Å². The molecule has 0 radical (unpaired) electrons. The molecule has 0 aliphatic heterocycles. The van der Waals surface area contributed by atoms with Crippen LogP contribution in [-0.4, -0.2) is 31.5 Å². The lowest BCUT2D eigenvalue weighted by atomic mass is 10.1. The molecule has 1 atom stereocenters. The fourth-order valence-corrected chi connectivity index (χ4v) is 2.92. The highest BCUT2D eigenvalue weighted by molar-refractivity contribution is 7.07. The lowest BCUT2D eigenvalue weighted by Crippen LogP contribution is -2.39. The first kappa shape index (κ1) is 18.0. The molecule has 0 aliphatic carbocycles. The molecule has 0 aliphatic rings. The van der Waals surface area contributed by atoms with Gasteiger partial charge in [0, 0.05) is 18.8 Å². The monoisotopic (exact) mass is 344 g/mol. The third-order valence-corrected chi connectivity index (χ3v) is 4.17. The molecule has 1 amide bonds. The Balaban J connectivity index is 1.84. The number of aliphatic imine (C=N–C) groups is 1. The molecule has 0 bridgehead atoms. The maximum atomic E-state index is 12.0. The summed E-state index contributed by atoms with van der Waals surface area (Å²) >= 11 is 1.70. The summed E-state index contributed by atoms with van der Waals surface area (Å²) in [5.41, 5.74) is 2.09. The molecule has 6 heteroatoms. The summed E-state index contributed by atoms with van der Waals surface area (Å²) < 4.78 is 0. The highest BCUT2D eigenvalue weighted by atomic mass is 32.1. The fourth-order valence-electron chi connectivity index (χ4n) is 2.14. The predicted molar refractivity (Wildman–Crippen MR) is 102 cm³/mol. The summed E-state index contributed by atoms with van der Waals surface area (Å²) in [5.74, 6) is 0.908. The lowest BCUT2D eigenvalue weighted by Gasteiger charge is -2.15. The van der Waals surface area contributed by atoms with E-state index in [0.717, 1.165) is 18.8 Å². The van der Waals surface area contributed by atoms with Crippen molar-refractivity contribution in [2.75, 3.05) is 25.0 Å². The molecular formula is C18H24N4OS. The second-order valence-corrected chi connectivity index (χ2v) is 6.23. The SMILES string of the molecule is CCNC(=NCC(=O)Nc1ccccc1)NCC(C)c1ccsc1. The molecule has 5 nitrogen and oxygen atoms in total. The quantitative estimate of drug-likeness (QED) is 0.534. The number of carbonyl (C=O) groups is 1. The number of amides is 1. The van der Waals surface area contributed by atoms with Gasteiger partial charge in [0.1, 0.15) is 6.54 Å². The van der Waals surface area contributed by atoms with Crippen molar-refractivity contribution in [1.82, 2.24) is 10.6 Å². The van der Waals surface area contributed by atoms with Crippen molar-refractivity contribution in [1.29, 1.82) is 0 Å². The predicted octanol–water partition coefficient (Wildman–Crippen LogP) is 3.05. The molecule has 3 N–H and O–H groups in total. The second-order valence-electron chi connectivity index (χ2n) is 5.45. The van der Waals surface area contributed by atoms with Crippen molar-refractivity contribution in [2.24, 2.45) is 4.99 Å². The van der Waals surface area contributed by atoms with Crippen LogP contribution in [0.4, 0.5) is 5.69 Å². The number of hydrogen-bond donors (Lipinski definition) is 3. The van der Waals surface area contributed by atoms with Gasteiger partial charge in [-0.2, -0.15) is 11.3 Å². The second kappa shape index (κ2) is 9.72. The number of guanidine groups is 1. The van der Waals surface area contributed by atoms with Crippen LogP contribution < -0.4 is 16.0 Å². The van der Waals surface area contributed by atoms with E-state index in [1.165, 1.54) is 5.56 Å². The zero-order chi connectivity index (χ0) is 17.2. The highest BCUT2D eigenvalue weighted by Gasteiger charge is 2.07. The Morgan fingerprint density at radius 3 is 2.67 bits per heavy atom. The fraction of sp³-hybridized carbons (Fsp3) is 0.333. The van der Waals surface area contributed by atoms with Gasteiger partial charge in [0.2, 0.25) is 5.91 Å². The minimum Gasteiger partial charge on any atom is -0.357 e. The summed E-state index contributed by atoms with van der Waals surface area (Å²) in [4.78, 5) is 16.3. The Bertz CT molecular complexity index is 640. The van der Waals surface area contributed by atoms with E-state index in [1.807, 2.05) is 37.3 Å². The zero-order valence-corrected chi connectivity index (χ0v) is 14.9. The maximum absolute atomic E-state index is 12.0. The minimum absolute atomic E-state index is 0.0804. The van der Waals surface area contributed by atoms with E-state index in [9.17, 15) is 4.79 Å². The van der Waals surface area contributed by atoms with Gasteiger partial charge in [-0.3, -0.25) is 4.79 Å². The number of hydrogen-bond acceptors (Lipinski definition) is 3. The third kappa shape index (κ3) is 6.04. The smallest absolute Gasteiger partial charge is 0.246 e. The Morgan fingerprint density at radius 2 is 2.00 bits per heavy atom. The van der Waals surface area contributed by atoms with Crippen molar-refractivity contribution in [3.05, 3.63) is 52.7 Å². The standard InChI is InChI=1S/C18H24N4OS/c1-3-19-18(20-11-14(2)15-9-10-24-13-15)21-12-17(23)22-16-7-5-4-6-8-16/h4-10,13-14H,3,11-12H2,1-2H3,(H,22,23)(H2,19,20,21). The first-order valence-electron chi connectivity index (χ1n) is 8.08. The van der Waals surface area contributed by atoms with Crippen molar-refractivity contribution in [3.8, 4) is 0 Å². The molecule has 24 heavy (non-hydrogen) atoms.